The summed E-state index contributed by atoms with van der Waals surface area (Å²) in [6.45, 7) is 1.47. The molecule has 0 spiro atoms. The Morgan fingerprint density at radius 2 is 2.13 bits per heavy atom. The standard InChI is InChI=1S/C10H9ClF2O2/c1-6-3-2-4-7(11)9(6)10(12,13)5-8(14)15/h2-4H,5H2,1H3,(H,14,15). The maximum atomic E-state index is 13.5. The second-order valence-electron chi connectivity index (χ2n) is 3.21. The number of carboxylic acid groups (broad SMARTS) is 1. The Labute approximate surface area is 90.5 Å². The van der Waals surface area contributed by atoms with E-state index in [2.05, 4.69) is 0 Å². The summed E-state index contributed by atoms with van der Waals surface area (Å²) in [5, 5.41) is 8.26. The van der Waals surface area contributed by atoms with Crippen LogP contribution >= 0.6 is 11.6 Å². The molecule has 0 saturated heterocycles. The van der Waals surface area contributed by atoms with Crippen LogP contribution in [0.15, 0.2) is 18.2 Å². The third-order valence-electron chi connectivity index (χ3n) is 1.96. The zero-order valence-electron chi connectivity index (χ0n) is 7.93. The molecule has 0 radical (unpaired) electrons. The lowest BCUT2D eigenvalue weighted by atomic mass is 10.0. The van der Waals surface area contributed by atoms with Gasteiger partial charge in [0, 0.05) is 5.56 Å². The smallest absolute Gasteiger partial charge is 0.309 e. The Morgan fingerprint density at radius 3 is 2.60 bits per heavy atom. The van der Waals surface area contributed by atoms with Gasteiger partial charge in [-0.25, -0.2) is 8.78 Å². The Bertz CT molecular complexity index is 371. The van der Waals surface area contributed by atoms with Crippen LogP contribution in [0.3, 0.4) is 0 Å². The van der Waals surface area contributed by atoms with E-state index in [0.717, 1.165) is 0 Å². The van der Waals surface area contributed by atoms with E-state index in [0.29, 0.717) is 0 Å². The average Bonchev–Trinajstić information content (AvgIpc) is 1.99. The minimum atomic E-state index is -3.44. The van der Waals surface area contributed by atoms with E-state index in [-0.39, 0.29) is 10.6 Å². The van der Waals surface area contributed by atoms with E-state index in [4.69, 9.17) is 16.7 Å². The number of benzene rings is 1. The van der Waals surface area contributed by atoms with Gasteiger partial charge in [-0.05, 0) is 18.6 Å². The summed E-state index contributed by atoms with van der Waals surface area (Å²) in [5.74, 6) is -4.99. The van der Waals surface area contributed by atoms with Crippen molar-refractivity contribution in [1.82, 2.24) is 0 Å². The lowest BCUT2D eigenvalue weighted by molar-refractivity contribution is -0.145. The molecule has 0 saturated carbocycles. The molecule has 0 atom stereocenters. The number of hydrogen-bond acceptors (Lipinski definition) is 1. The Balaban J connectivity index is 3.19. The zero-order chi connectivity index (χ0) is 11.6. The van der Waals surface area contributed by atoms with Gasteiger partial charge in [0.15, 0.2) is 0 Å². The number of carbonyl (C=O) groups is 1. The molecule has 1 rings (SSSR count). The first-order chi connectivity index (χ1) is 6.84. The molecule has 1 aromatic carbocycles. The average molecular weight is 235 g/mol. The van der Waals surface area contributed by atoms with Crippen LogP contribution in [0.25, 0.3) is 0 Å². The van der Waals surface area contributed by atoms with Gasteiger partial charge in [-0.3, -0.25) is 4.79 Å². The van der Waals surface area contributed by atoms with Crippen LogP contribution in [0.5, 0.6) is 0 Å². The molecule has 5 heteroatoms. The van der Waals surface area contributed by atoms with E-state index in [9.17, 15) is 13.6 Å². The summed E-state index contributed by atoms with van der Waals surface area (Å²) in [7, 11) is 0. The summed E-state index contributed by atoms with van der Waals surface area (Å²) >= 11 is 5.62. The Hall–Kier alpha value is -1.16. The number of aliphatic carboxylic acids is 1. The SMILES string of the molecule is Cc1cccc(Cl)c1C(F)(F)CC(=O)O. The van der Waals surface area contributed by atoms with Gasteiger partial charge in [0.2, 0.25) is 0 Å². The molecule has 1 aromatic rings. The molecule has 15 heavy (non-hydrogen) atoms. The Morgan fingerprint density at radius 1 is 1.53 bits per heavy atom. The minimum absolute atomic E-state index is 0.110. The highest BCUT2D eigenvalue weighted by Gasteiger charge is 2.37. The molecule has 0 aromatic heterocycles. The minimum Gasteiger partial charge on any atom is -0.481 e. The quantitative estimate of drug-likeness (QED) is 0.872. The van der Waals surface area contributed by atoms with Crippen LogP contribution in [0, 0.1) is 6.92 Å². The van der Waals surface area contributed by atoms with Crippen LogP contribution in [0.1, 0.15) is 17.5 Å². The second-order valence-corrected chi connectivity index (χ2v) is 3.61. The van der Waals surface area contributed by atoms with Crippen molar-refractivity contribution in [2.75, 3.05) is 0 Å². The van der Waals surface area contributed by atoms with E-state index in [1.54, 1.807) is 0 Å². The fraction of sp³-hybridized carbons (Fsp3) is 0.300. The molecular weight excluding hydrogens is 226 g/mol. The van der Waals surface area contributed by atoms with Crippen molar-refractivity contribution in [3.05, 3.63) is 34.3 Å². The lowest BCUT2D eigenvalue weighted by Gasteiger charge is -2.18. The van der Waals surface area contributed by atoms with Crippen molar-refractivity contribution < 1.29 is 18.7 Å². The first-order valence-corrected chi connectivity index (χ1v) is 4.57. The summed E-state index contributed by atoms with van der Waals surface area (Å²) < 4.78 is 26.9. The maximum absolute atomic E-state index is 13.5. The highest BCUT2D eigenvalue weighted by Crippen LogP contribution is 2.38. The highest BCUT2D eigenvalue weighted by molar-refractivity contribution is 6.31. The molecular formula is C10H9ClF2O2. The normalized spacial score (nSPS) is 11.5. The van der Waals surface area contributed by atoms with Crippen molar-refractivity contribution in [2.24, 2.45) is 0 Å². The van der Waals surface area contributed by atoms with E-state index in [1.807, 2.05) is 0 Å². The van der Waals surface area contributed by atoms with Crippen LogP contribution in [0.2, 0.25) is 5.02 Å². The van der Waals surface area contributed by atoms with Gasteiger partial charge in [0.25, 0.3) is 5.92 Å². The molecule has 0 unspecified atom stereocenters. The summed E-state index contributed by atoms with van der Waals surface area (Å²) in [6, 6.07) is 4.33. The molecule has 0 aliphatic carbocycles. The van der Waals surface area contributed by atoms with Crippen molar-refractivity contribution >= 4 is 17.6 Å². The van der Waals surface area contributed by atoms with E-state index >= 15 is 0 Å². The highest BCUT2D eigenvalue weighted by atomic mass is 35.5. The fourth-order valence-electron chi connectivity index (χ4n) is 1.37. The number of alkyl halides is 2. The molecule has 0 amide bonds. The van der Waals surface area contributed by atoms with Gasteiger partial charge in [-0.2, -0.15) is 0 Å². The second kappa shape index (κ2) is 4.14. The topological polar surface area (TPSA) is 37.3 Å². The summed E-state index contributed by atoms with van der Waals surface area (Å²) in [4.78, 5) is 10.3. The third kappa shape index (κ3) is 2.65. The summed E-state index contributed by atoms with van der Waals surface area (Å²) in [6.07, 6.45) is -1.25. The molecule has 2 nitrogen and oxygen atoms in total. The molecule has 0 aliphatic heterocycles. The van der Waals surface area contributed by atoms with Crippen molar-refractivity contribution in [3.8, 4) is 0 Å². The van der Waals surface area contributed by atoms with Crippen molar-refractivity contribution in [1.29, 1.82) is 0 Å². The van der Waals surface area contributed by atoms with Gasteiger partial charge in [0.05, 0.1) is 5.02 Å². The predicted molar refractivity (Wildman–Crippen MR) is 52.3 cm³/mol. The van der Waals surface area contributed by atoms with Crippen molar-refractivity contribution in [2.45, 2.75) is 19.3 Å². The van der Waals surface area contributed by atoms with Crippen LogP contribution in [0.4, 0.5) is 8.78 Å². The van der Waals surface area contributed by atoms with Crippen LogP contribution < -0.4 is 0 Å². The monoisotopic (exact) mass is 234 g/mol. The predicted octanol–water partition coefficient (Wildman–Crippen LogP) is 3.21. The zero-order valence-corrected chi connectivity index (χ0v) is 8.68. The van der Waals surface area contributed by atoms with E-state index in [1.165, 1.54) is 25.1 Å². The molecule has 82 valence electrons. The molecule has 0 fully saturated rings. The van der Waals surface area contributed by atoms with Gasteiger partial charge >= 0.3 is 5.97 Å². The van der Waals surface area contributed by atoms with Gasteiger partial charge in [0.1, 0.15) is 6.42 Å². The van der Waals surface area contributed by atoms with E-state index < -0.39 is 23.9 Å². The van der Waals surface area contributed by atoms with Gasteiger partial charge in [-0.1, -0.05) is 23.7 Å². The third-order valence-corrected chi connectivity index (χ3v) is 2.28. The Kier molecular flexibility index (Phi) is 3.29. The largest absolute Gasteiger partial charge is 0.481 e. The molecule has 0 aliphatic rings. The number of carboxylic acids is 1. The number of halogens is 3. The maximum Gasteiger partial charge on any atom is 0.309 e. The first-order valence-electron chi connectivity index (χ1n) is 4.20. The molecule has 1 N–H and O–H groups in total. The first kappa shape index (κ1) is 11.9. The van der Waals surface area contributed by atoms with Crippen molar-refractivity contribution in [3.63, 3.8) is 0 Å². The lowest BCUT2D eigenvalue weighted by Crippen LogP contribution is -2.20. The molecule has 0 heterocycles. The van der Waals surface area contributed by atoms with Crippen LogP contribution in [-0.2, 0) is 10.7 Å². The summed E-state index contributed by atoms with van der Waals surface area (Å²) in [5.41, 5.74) is -0.122. The fourth-order valence-corrected chi connectivity index (χ4v) is 1.73. The van der Waals surface area contributed by atoms with Gasteiger partial charge < -0.3 is 5.11 Å². The number of rotatable bonds is 3. The number of hydrogen-bond donors (Lipinski definition) is 1. The van der Waals surface area contributed by atoms with Crippen LogP contribution in [-0.4, -0.2) is 11.1 Å². The number of aryl methyl sites for hydroxylation is 1. The molecule has 0 bridgehead atoms. The van der Waals surface area contributed by atoms with Gasteiger partial charge in [-0.15, -0.1) is 0 Å².